The van der Waals surface area contributed by atoms with E-state index in [4.69, 9.17) is 4.74 Å². The highest BCUT2D eigenvalue weighted by Gasteiger charge is 2.67. The number of unbranched alkanes of at least 4 members (excludes halogenated alkanes) is 4. The van der Waals surface area contributed by atoms with Crippen LogP contribution in [0, 0.1) is 0 Å². The van der Waals surface area contributed by atoms with E-state index in [0.717, 1.165) is 17.7 Å². The molecule has 0 bridgehead atoms. The summed E-state index contributed by atoms with van der Waals surface area (Å²) in [6, 6.07) is 9.71. The minimum atomic E-state index is -1.08. The van der Waals surface area contributed by atoms with Gasteiger partial charge in [0.1, 0.15) is 5.60 Å². The molecule has 0 N–H and O–H groups in total. The second-order valence-electron chi connectivity index (χ2n) is 6.11. The average molecular weight is 294 g/mol. The van der Waals surface area contributed by atoms with Gasteiger partial charge in [0.05, 0.1) is 10.8 Å². The fourth-order valence-corrected chi connectivity index (χ4v) is 4.63. The van der Waals surface area contributed by atoms with Crippen LogP contribution >= 0.6 is 0 Å². The molecular formula is C17H26O2S. The normalized spacial score (nSPS) is 25.4. The van der Waals surface area contributed by atoms with Crippen LogP contribution in [0.5, 0.6) is 0 Å². The Hall–Kier alpha value is -0.670. The highest BCUT2D eigenvalue weighted by Crippen LogP contribution is 2.54. The molecule has 2 rings (SSSR count). The highest BCUT2D eigenvalue weighted by atomic mass is 32.2. The van der Waals surface area contributed by atoms with Crippen LogP contribution in [0.25, 0.3) is 0 Å². The molecule has 2 atom stereocenters. The minimum absolute atomic E-state index is 0.265. The van der Waals surface area contributed by atoms with Gasteiger partial charge in [-0.3, -0.25) is 4.21 Å². The number of benzene rings is 1. The fraction of sp³-hybridized carbons (Fsp3) is 0.647. The molecule has 1 aromatic carbocycles. The zero-order chi connectivity index (χ0) is 14.6. The summed E-state index contributed by atoms with van der Waals surface area (Å²) >= 11 is 0. The van der Waals surface area contributed by atoms with Crippen molar-refractivity contribution in [3.05, 3.63) is 30.3 Å². The summed E-state index contributed by atoms with van der Waals surface area (Å²) in [6.07, 6.45) is 7.02. The van der Waals surface area contributed by atoms with Crippen LogP contribution in [0.4, 0.5) is 0 Å². The number of hydrogen-bond donors (Lipinski definition) is 0. The van der Waals surface area contributed by atoms with Gasteiger partial charge in [0.15, 0.2) is 4.93 Å². The van der Waals surface area contributed by atoms with Crippen molar-refractivity contribution in [2.75, 3.05) is 0 Å². The predicted octanol–water partition coefficient (Wildman–Crippen LogP) is 4.66. The first kappa shape index (κ1) is 15.7. The van der Waals surface area contributed by atoms with Crippen LogP contribution < -0.4 is 0 Å². The minimum Gasteiger partial charge on any atom is -0.348 e. The van der Waals surface area contributed by atoms with Gasteiger partial charge < -0.3 is 4.74 Å². The maximum atomic E-state index is 12.9. The van der Waals surface area contributed by atoms with Crippen molar-refractivity contribution in [3.8, 4) is 0 Å². The smallest absolute Gasteiger partial charge is 0.176 e. The molecule has 112 valence electrons. The molecule has 0 radical (unpaired) electrons. The Morgan fingerprint density at radius 2 is 1.65 bits per heavy atom. The number of epoxide rings is 1. The zero-order valence-corrected chi connectivity index (χ0v) is 13.7. The topological polar surface area (TPSA) is 29.6 Å². The summed E-state index contributed by atoms with van der Waals surface area (Å²) in [5, 5.41) is 0. The molecule has 1 aliphatic rings. The van der Waals surface area contributed by atoms with Crippen molar-refractivity contribution in [2.45, 2.75) is 74.7 Å². The van der Waals surface area contributed by atoms with Gasteiger partial charge in [0.25, 0.3) is 0 Å². The van der Waals surface area contributed by atoms with Gasteiger partial charge >= 0.3 is 0 Å². The molecule has 0 aliphatic carbocycles. The second-order valence-corrected chi connectivity index (χ2v) is 7.78. The summed E-state index contributed by atoms with van der Waals surface area (Å²) in [5.41, 5.74) is -0.265. The molecule has 0 aromatic heterocycles. The van der Waals surface area contributed by atoms with Crippen LogP contribution in [-0.2, 0) is 15.5 Å². The molecule has 0 saturated carbocycles. The molecule has 1 aromatic rings. The van der Waals surface area contributed by atoms with Crippen molar-refractivity contribution in [1.29, 1.82) is 0 Å². The lowest BCUT2D eigenvalue weighted by atomic mass is 10.0. The van der Waals surface area contributed by atoms with E-state index in [1.165, 1.54) is 25.7 Å². The number of hydrogen-bond acceptors (Lipinski definition) is 2. The monoisotopic (exact) mass is 294 g/mol. The summed E-state index contributed by atoms with van der Waals surface area (Å²) in [6.45, 7) is 6.33. The molecule has 3 heteroatoms. The van der Waals surface area contributed by atoms with Gasteiger partial charge in [0.2, 0.25) is 0 Å². The Kier molecular flexibility index (Phi) is 5.03. The van der Waals surface area contributed by atoms with Gasteiger partial charge in [-0.25, -0.2) is 0 Å². The first-order valence-electron chi connectivity index (χ1n) is 7.70. The van der Waals surface area contributed by atoms with E-state index in [2.05, 4.69) is 20.8 Å². The third-order valence-electron chi connectivity index (χ3n) is 4.16. The Morgan fingerprint density at radius 3 is 2.20 bits per heavy atom. The van der Waals surface area contributed by atoms with Gasteiger partial charge in [-0.05, 0) is 38.8 Å². The Morgan fingerprint density at radius 1 is 1.05 bits per heavy atom. The Balaban J connectivity index is 1.99. The van der Waals surface area contributed by atoms with E-state index >= 15 is 0 Å². The van der Waals surface area contributed by atoms with E-state index in [0.29, 0.717) is 0 Å². The predicted molar refractivity (Wildman–Crippen MR) is 84.1 cm³/mol. The van der Waals surface area contributed by atoms with Crippen molar-refractivity contribution < 1.29 is 8.95 Å². The van der Waals surface area contributed by atoms with Crippen molar-refractivity contribution in [3.63, 3.8) is 0 Å². The highest BCUT2D eigenvalue weighted by molar-refractivity contribution is 7.86. The van der Waals surface area contributed by atoms with Crippen molar-refractivity contribution in [2.24, 2.45) is 0 Å². The van der Waals surface area contributed by atoms with Crippen LogP contribution in [-0.4, -0.2) is 14.7 Å². The van der Waals surface area contributed by atoms with E-state index in [-0.39, 0.29) is 5.60 Å². The van der Waals surface area contributed by atoms with Gasteiger partial charge in [-0.15, -0.1) is 0 Å². The first-order chi connectivity index (χ1) is 9.53. The van der Waals surface area contributed by atoms with Crippen molar-refractivity contribution >= 4 is 10.8 Å². The van der Waals surface area contributed by atoms with Crippen LogP contribution in [0.1, 0.15) is 59.3 Å². The van der Waals surface area contributed by atoms with Crippen LogP contribution in [0.15, 0.2) is 35.2 Å². The summed E-state index contributed by atoms with van der Waals surface area (Å²) in [7, 11) is -1.08. The lowest BCUT2D eigenvalue weighted by Gasteiger charge is -2.15. The van der Waals surface area contributed by atoms with E-state index in [1.54, 1.807) is 0 Å². The Labute approximate surface area is 125 Å². The summed E-state index contributed by atoms with van der Waals surface area (Å²) in [5.74, 6) is 0. The molecule has 1 saturated heterocycles. The maximum Gasteiger partial charge on any atom is 0.176 e. The third kappa shape index (κ3) is 3.15. The lowest BCUT2D eigenvalue weighted by molar-refractivity contribution is 0.304. The molecule has 2 nitrogen and oxygen atoms in total. The third-order valence-corrected chi connectivity index (χ3v) is 6.24. The number of ether oxygens (including phenoxy) is 1. The quantitative estimate of drug-likeness (QED) is 0.515. The molecule has 0 amide bonds. The van der Waals surface area contributed by atoms with E-state index in [9.17, 15) is 4.21 Å². The van der Waals surface area contributed by atoms with E-state index < -0.39 is 15.7 Å². The Bertz CT molecular complexity index is 455. The lowest BCUT2D eigenvalue weighted by Crippen LogP contribution is -2.26. The van der Waals surface area contributed by atoms with Crippen LogP contribution in [0.3, 0.4) is 0 Å². The van der Waals surface area contributed by atoms with Crippen molar-refractivity contribution in [1.82, 2.24) is 0 Å². The standard InChI is InChI=1S/C17H26O2S/c1-4-5-6-7-11-14-17(16(2,3)19-17)20(18)15-12-9-8-10-13-15/h8-10,12-13H,4-7,11,14H2,1-3H3. The molecule has 1 aliphatic heterocycles. The first-order valence-corrected chi connectivity index (χ1v) is 8.85. The van der Waals surface area contributed by atoms with E-state index in [1.807, 2.05) is 30.3 Å². The maximum absolute atomic E-state index is 12.9. The number of rotatable bonds is 8. The fourth-order valence-electron chi connectivity index (χ4n) is 2.79. The molecule has 1 fully saturated rings. The molecule has 20 heavy (non-hydrogen) atoms. The van der Waals surface area contributed by atoms with Gasteiger partial charge in [-0.1, -0.05) is 50.8 Å². The largest absolute Gasteiger partial charge is 0.348 e. The molecule has 1 heterocycles. The summed E-state index contributed by atoms with van der Waals surface area (Å²) in [4.78, 5) is 0.409. The second kappa shape index (κ2) is 6.40. The van der Waals surface area contributed by atoms with Crippen LogP contribution in [0.2, 0.25) is 0 Å². The molecular weight excluding hydrogens is 268 g/mol. The SMILES string of the molecule is CCCCCCCC1(S(=O)c2ccccc2)OC1(C)C. The molecule has 2 unspecified atom stereocenters. The molecule has 0 spiro atoms. The summed E-state index contributed by atoms with van der Waals surface area (Å²) < 4.78 is 18.8. The zero-order valence-electron chi connectivity index (χ0n) is 12.9. The van der Waals surface area contributed by atoms with Gasteiger partial charge in [-0.2, -0.15) is 0 Å². The average Bonchev–Trinajstić information content (AvgIpc) is 3.02. The van der Waals surface area contributed by atoms with Gasteiger partial charge in [0, 0.05) is 4.90 Å².